The molecular formula is C21H23N3O3S. The average Bonchev–Trinajstić information content (AvgIpc) is 3.19. The summed E-state index contributed by atoms with van der Waals surface area (Å²) in [4.78, 5) is 12.4. The lowest BCUT2D eigenvalue weighted by molar-refractivity contribution is -0.116. The van der Waals surface area contributed by atoms with Crippen LogP contribution in [0, 0.1) is 11.3 Å². The molecule has 1 aliphatic rings. The Labute approximate surface area is 165 Å². The Balaban J connectivity index is 1.53. The Morgan fingerprint density at radius 1 is 1.11 bits per heavy atom. The van der Waals surface area contributed by atoms with Gasteiger partial charge in [-0.05, 0) is 55.2 Å². The molecule has 2 aromatic rings. The molecule has 2 N–H and O–H groups in total. The number of nitrogens with zero attached hydrogens (tertiary/aromatic N) is 1. The quantitative estimate of drug-likeness (QED) is 0.748. The minimum Gasteiger partial charge on any atom is -0.326 e. The maximum absolute atomic E-state index is 12.4. The van der Waals surface area contributed by atoms with Crippen LogP contribution in [0.25, 0.3) is 0 Å². The lowest BCUT2D eigenvalue weighted by Crippen LogP contribution is -2.32. The van der Waals surface area contributed by atoms with E-state index in [-0.39, 0.29) is 23.3 Å². The molecule has 6 nitrogen and oxygen atoms in total. The van der Waals surface area contributed by atoms with Crippen LogP contribution < -0.4 is 10.0 Å². The van der Waals surface area contributed by atoms with Crippen LogP contribution in [0.3, 0.4) is 0 Å². The number of sulfonamides is 1. The van der Waals surface area contributed by atoms with E-state index in [2.05, 4.69) is 10.0 Å². The molecule has 0 aliphatic heterocycles. The predicted octanol–water partition coefficient (Wildman–Crippen LogP) is 3.35. The van der Waals surface area contributed by atoms with Gasteiger partial charge in [-0.1, -0.05) is 31.0 Å². The maximum atomic E-state index is 12.4. The molecule has 146 valence electrons. The highest BCUT2D eigenvalue weighted by molar-refractivity contribution is 7.89. The van der Waals surface area contributed by atoms with Gasteiger partial charge in [-0.25, -0.2) is 13.1 Å². The Hall–Kier alpha value is -2.69. The topological polar surface area (TPSA) is 99.1 Å². The van der Waals surface area contributed by atoms with Gasteiger partial charge in [0.2, 0.25) is 15.9 Å². The van der Waals surface area contributed by atoms with Crippen molar-refractivity contribution in [3.8, 4) is 6.07 Å². The molecule has 0 saturated heterocycles. The molecule has 1 amide bonds. The predicted molar refractivity (Wildman–Crippen MR) is 107 cm³/mol. The van der Waals surface area contributed by atoms with Crippen molar-refractivity contribution in [1.29, 1.82) is 5.26 Å². The summed E-state index contributed by atoms with van der Waals surface area (Å²) in [6, 6.07) is 15.5. The van der Waals surface area contributed by atoms with Crippen molar-refractivity contribution in [2.75, 3.05) is 5.32 Å². The Morgan fingerprint density at radius 3 is 2.50 bits per heavy atom. The van der Waals surface area contributed by atoms with Gasteiger partial charge in [-0.2, -0.15) is 5.26 Å². The SMILES string of the molecule is N#Cc1cccc(NC(=O)CCc2ccc(S(=O)(=O)NC3CCCC3)cc2)c1. The van der Waals surface area contributed by atoms with Gasteiger partial charge in [-0.3, -0.25) is 4.79 Å². The summed E-state index contributed by atoms with van der Waals surface area (Å²) in [6.45, 7) is 0. The first-order chi connectivity index (χ1) is 13.5. The third-order valence-corrected chi connectivity index (χ3v) is 6.36. The van der Waals surface area contributed by atoms with Crippen LogP contribution in [0.1, 0.15) is 43.2 Å². The monoisotopic (exact) mass is 397 g/mol. The van der Waals surface area contributed by atoms with E-state index < -0.39 is 10.0 Å². The molecule has 0 aromatic heterocycles. The molecule has 1 aliphatic carbocycles. The fraction of sp³-hybridized carbons (Fsp3) is 0.333. The molecule has 0 bridgehead atoms. The van der Waals surface area contributed by atoms with Crippen molar-refractivity contribution in [2.45, 2.75) is 49.5 Å². The minimum atomic E-state index is -3.49. The zero-order valence-corrected chi connectivity index (χ0v) is 16.3. The number of hydrogen-bond acceptors (Lipinski definition) is 4. The van der Waals surface area contributed by atoms with Crippen LogP contribution in [0.15, 0.2) is 53.4 Å². The van der Waals surface area contributed by atoms with Gasteiger partial charge in [0.15, 0.2) is 0 Å². The summed E-state index contributed by atoms with van der Waals surface area (Å²) in [5, 5.41) is 11.7. The molecule has 2 aromatic carbocycles. The Kier molecular flexibility index (Phi) is 6.45. The van der Waals surface area contributed by atoms with E-state index in [1.807, 2.05) is 6.07 Å². The molecule has 0 atom stereocenters. The van der Waals surface area contributed by atoms with Gasteiger partial charge in [0.05, 0.1) is 16.5 Å². The molecule has 1 fully saturated rings. The van der Waals surface area contributed by atoms with Gasteiger partial charge in [0.1, 0.15) is 0 Å². The number of aryl methyl sites for hydroxylation is 1. The standard InChI is InChI=1S/C21H23N3O3S/c22-15-17-4-3-7-19(14-17)23-21(25)13-10-16-8-11-20(12-9-16)28(26,27)24-18-5-1-2-6-18/h3-4,7-9,11-12,14,18,24H,1-2,5-6,10,13H2,(H,23,25). The molecular weight excluding hydrogens is 374 g/mol. The maximum Gasteiger partial charge on any atom is 0.240 e. The van der Waals surface area contributed by atoms with Gasteiger partial charge >= 0.3 is 0 Å². The smallest absolute Gasteiger partial charge is 0.240 e. The zero-order valence-electron chi connectivity index (χ0n) is 15.5. The van der Waals surface area contributed by atoms with Crippen molar-refractivity contribution in [1.82, 2.24) is 4.72 Å². The minimum absolute atomic E-state index is 0.0351. The molecule has 0 radical (unpaired) electrons. The van der Waals surface area contributed by atoms with E-state index in [4.69, 9.17) is 5.26 Å². The van der Waals surface area contributed by atoms with Crippen molar-refractivity contribution in [3.63, 3.8) is 0 Å². The van der Waals surface area contributed by atoms with Crippen LogP contribution in [0.4, 0.5) is 5.69 Å². The number of carbonyl (C=O) groups excluding carboxylic acids is 1. The van der Waals surface area contributed by atoms with E-state index in [9.17, 15) is 13.2 Å². The van der Waals surface area contributed by atoms with Crippen LogP contribution in [0.2, 0.25) is 0 Å². The van der Waals surface area contributed by atoms with Gasteiger partial charge in [0, 0.05) is 18.2 Å². The number of anilines is 1. The van der Waals surface area contributed by atoms with E-state index in [1.165, 1.54) is 0 Å². The highest BCUT2D eigenvalue weighted by atomic mass is 32.2. The van der Waals surface area contributed by atoms with E-state index in [0.717, 1.165) is 31.2 Å². The fourth-order valence-corrected chi connectivity index (χ4v) is 4.62. The van der Waals surface area contributed by atoms with Crippen LogP contribution in [-0.4, -0.2) is 20.4 Å². The second-order valence-corrected chi connectivity index (χ2v) is 8.70. The first-order valence-electron chi connectivity index (χ1n) is 9.37. The second-order valence-electron chi connectivity index (χ2n) is 6.99. The van der Waals surface area contributed by atoms with Gasteiger partial charge in [-0.15, -0.1) is 0 Å². The number of hydrogen-bond donors (Lipinski definition) is 2. The number of nitrogens with one attached hydrogen (secondary N) is 2. The Morgan fingerprint density at radius 2 is 1.82 bits per heavy atom. The molecule has 0 heterocycles. The van der Waals surface area contributed by atoms with Gasteiger partial charge in [0.25, 0.3) is 0 Å². The molecule has 0 spiro atoms. The Bertz CT molecular complexity index is 973. The summed E-state index contributed by atoms with van der Waals surface area (Å²) < 4.78 is 27.6. The second kappa shape index (κ2) is 9.00. The molecule has 1 saturated carbocycles. The number of benzene rings is 2. The number of nitriles is 1. The third kappa shape index (κ3) is 5.41. The lowest BCUT2D eigenvalue weighted by atomic mass is 10.1. The molecule has 28 heavy (non-hydrogen) atoms. The summed E-state index contributed by atoms with van der Waals surface area (Å²) in [5.74, 6) is -0.158. The van der Waals surface area contributed by atoms with Gasteiger partial charge < -0.3 is 5.32 Å². The summed E-state index contributed by atoms with van der Waals surface area (Å²) >= 11 is 0. The van der Waals surface area contributed by atoms with Crippen molar-refractivity contribution < 1.29 is 13.2 Å². The highest BCUT2D eigenvalue weighted by Crippen LogP contribution is 2.21. The highest BCUT2D eigenvalue weighted by Gasteiger charge is 2.22. The largest absolute Gasteiger partial charge is 0.326 e. The van der Waals surface area contributed by atoms with E-state index >= 15 is 0 Å². The van der Waals surface area contributed by atoms with Crippen LogP contribution in [-0.2, 0) is 21.2 Å². The van der Waals surface area contributed by atoms with E-state index in [1.54, 1.807) is 48.5 Å². The first kappa shape index (κ1) is 20.1. The first-order valence-corrected chi connectivity index (χ1v) is 10.9. The van der Waals surface area contributed by atoms with Crippen molar-refractivity contribution in [2.24, 2.45) is 0 Å². The normalized spacial score (nSPS) is 14.5. The third-order valence-electron chi connectivity index (χ3n) is 4.83. The van der Waals surface area contributed by atoms with Crippen LogP contribution >= 0.6 is 0 Å². The summed E-state index contributed by atoms with van der Waals surface area (Å²) in [6.07, 6.45) is 4.68. The number of carbonyl (C=O) groups is 1. The average molecular weight is 398 g/mol. The number of amides is 1. The summed E-state index contributed by atoms with van der Waals surface area (Å²) in [5.41, 5.74) is 1.96. The zero-order chi connectivity index (χ0) is 20.0. The summed E-state index contributed by atoms with van der Waals surface area (Å²) in [7, 11) is -3.49. The lowest BCUT2D eigenvalue weighted by Gasteiger charge is -2.13. The molecule has 0 unspecified atom stereocenters. The van der Waals surface area contributed by atoms with Crippen LogP contribution in [0.5, 0.6) is 0 Å². The van der Waals surface area contributed by atoms with E-state index in [0.29, 0.717) is 17.7 Å². The van der Waals surface area contributed by atoms with Crippen molar-refractivity contribution >= 4 is 21.6 Å². The fourth-order valence-electron chi connectivity index (χ4n) is 3.31. The van der Waals surface area contributed by atoms with Crippen molar-refractivity contribution in [3.05, 3.63) is 59.7 Å². The molecule has 3 rings (SSSR count). The molecule has 7 heteroatoms. The number of rotatable bonds is 7.